The number of nitrogens with one attached hydrogen (secondary N) is 2. The van der Waals surface area contributed by atoms with Gasteiger partial charge in [-0.2, -0.15) is 0 Å². The molecule has 1 aliphatic heterocycles. The van der Waals surface area contributed by atoms with E-state index >= 15 is 0 Å². The van der Waals surface area contributed by atoms with Crippen LogP contribution < -0.4 is 30.7 Å². The number of piperidine rings is 1. The number of carbonyl (C=O) groups excluding carboxylic acids is 1. The number of pyridine rings is 1. The van der Waals surface area contributed by atoms with Crippen LogP contribution in [0.15, 0.2) is 30.5 Å². The molecule has 0 aliphatic carbocycles. The van der Waals surface area contributed by atoms with Crippen LogP contribution in [0.5, 0.6) is 11.5 Å². The van der Waals surface area contributed by atoms with Crippen molar-refractivity contribution in [3.05, 3.63) is 36.0 Å². The summed E-state index contributed by atoms with van der Waals surface area (Å²) in [5.41, 5.74) is 8.85. The number of hydrogen-bond acceptors (Lipinski definition) is 7. The molecule has 8 heteroatoms. The van der Waals surface area contributed by atoms with Crippen LogP contribution >= 0.6 is 0 Å². The molecule has 2 aromatic rings. The summed E-state index contributed by atoms with van der Waals surface area (Å²) in [6, 6.07) is 8.21. The molecule has 168 valence electrons. The first-order chi connectivity index (χ1) is 15.0. The second kappa shape index (κ2) is 10.9. The maximum absolute atomic E-state index is 11.3. The lowest BCUT2D eigenvalue weighted by Crippen LogP contribution is -2.43. The standard InChI is InChI=1S/C23H33N5O3/c1-4-30-20-12-17(13-21(23(20)24)31-5-2)15-28(18-8-10-25-11-9-18)19-6-7-22(26-14-19)27-16(3)29/h6-7,12-14,18,25H,4-5,8-11,15,24H2,1-3H3,(H,26,27,29). The second-order valence-corrected chi connectivity index (χ2v) is 7.56. The van der Waals surface area contributed by atoms with Gasteiger partial charge in [0.25, 0.3) is 0 Å². The average molecular weight is 428 g/mol. The molecule has 1 fully saturated rings. The van der Waals surface area contributed by atoms with Crippen LogP contribution in [0.2, 0.25) is 0 Å². The summed E-state index contributed by atoms with van der Waals surface area (Å²) in [5.74, 6) is 1.70. The number of nitrogens with zero attached hydrogens (tertiary/aromatic N) is 2. The average Bonchev–Trinajstić information content (AvgIpc) is 2.76. The Kier molecular flexibility index (Phi) is 7.94. The minimum Gasteiger partial charge on any atom is -0.492 e. The predicted octanol–water partition coefficient (Wildman–Crippen LogP) is 3.18. The van der Waals surface area contributed by atoms with E-state index in [1.165, 1.54) is 6.92 Å². The number of carbonyl (C=O) groups is 1. The second-order valence-electron chi connectivity index (χ2n) is 7.56. The van der Waals surface area contributed by atoms with Gasteiger partial charge < -0.3 is 30.7 Å². The Labute approximate surface area is 184 Å². The highest BCUT2D eigenvalue weighted by molar-refractivity contribution is 5.87. The highest BCUT2D eigenvalue weighted by Crippen LogP contribution is 2.35. The molecule has 1 aliphatic rings. The minimum absolute atomic E-state index is 0.135. The molecule has 0 unspecified atom stereocenters. The Bertz CT molecular complexity index is 839. The molecule has 0 bridgehead atoms. The number of amides is 1. The number of ether oxygens (including phenoxy) is 2. The Hall–Kier alpha value is -3.00. The van der Waals surface area contributed by atoms with Crippen LogP contribution in [0.25, 0.3) is 0 Å². The molecule has 3 rings (SSSR count). The third-order valence-corrected chi connectivity index (χ3v) is 5.25. The van der Waals surface area contributed by atoms with E-state index < -0.39 is 0 Å². The molecule has 1 aromatic carbocycles. The van der Waals surface area contributed by atoms with E-state index in [9.17, 15) is 4.79 Å². The van der Waals surface area contributed by atoms with Crippen LogP contribution in [0.4, 0.5) is 17.2 Å². The van der Waals surface area contributed by atoms with Crippen LogP contribution in [-0.2, 0) is 11.3 Å². The Morgan fingerprint density at radius 3 is 2.35 bits per heavy atom. The number of rotatable bonds is 9. The number of anilines is 3. The van der Waals surface area contributed by atoms with Crippen molar-refractivity contribution in [2.75, 3.05) is 42.3 Å². The monoisotopic (exact) mass is 427 g/mol. The number of benzene rings is 1. The van der Waals surface area contributed by atoms with Gasteiger partial charge in [-0.1, -0.05) is 0 Å². The third-order valence-electron chi connectivity index (χ3n) is 5.25. The Morgan fingerprint density at radius 2 is 1.84 bits per heavy atom. The summed E-state index contributed by atoms with van der Waals surface area (Å²) in [7, 11) is 0. The van der Waals surface area contributed by atoms with E-state index in [-0.39, 0.29) is 5.91 Å². The topological polar surface area (TPSA) is 102 Å². The molecule has 2 heterocycles. The van der Waals surface area contributed by atoms with E-state index in [0.29, 0.717) is 48.8 Å². The van der Waals surface area contributed by atoms with Crippen LogP contribution in [0.3, 0.4) is 0 Å². The molecule has 0 radical (unpaired) electrons. The summed E-state index contributed by atoms with van der Waals surface area (Å²) in [6.07, 6.45) is 3.90. The van der Waals surface area contributed by atoms with E-state index in [0.717, 1.165) is 37.2 Å². The highest BCUT2D eigenvalue weighted by atomic mass is 16.5. The number of nitrogens with two attached hydrogens (primary N) is 1. The van der Waals surface area contributed by atoms with Crippen LogP contribution in [0.1, 0.15) is 39.2 Å². The van der Waals surface area contributed by atoms with Crippen LogP contribution in [-0.4, -0.2) is 43.2 Å². The first kappa shape index (κ1) is 22.7. The normalized spacial score (nSPS) is 14.2. The smallest absolute Gasteiger partial charge is 0.222 e. The summed E-state index contributed by atoms with van der Waals surface area (Å²) in [6.45, 7) is 9.06. The summed E-state index contributed by atoms with van der Waals surface area (Å²) in [4.78, 5) is 18.1. The van der Waals surface area contributed by atoms with E-state index in [4.69, 9.17) is 15.2 Å². The summed E-state index contributed by atoms with van der Waals surface area (Å²) in [5, 5.41) is 6.15. The van der Waals surface area contributed by atoms with Gasteiger partial charge in [-0.05, 0) is 69.6 Å². The molecule has 1 saturated heterocycles. The Morgan fingerprint density at radius 1 is 1.19 bits per heavy atom. The van der Waals surface area contributed by atoms with Gasteiger partial charge in [-0.3, -0.25) is 4.79 Å². The zero-order chi connectivity index (χ0) is 22.2. The van der Waals surface area contributed by atoms with Crippen molar-refractivity contribution >= 4 is 23.1 Å². The maximum atomic E-state index is 11.3. The number of hydrogen-bond donors (Lipinski definition) is 3. The lowest BCUT2D eigenvalue weighted by molar-refractivity contribution is -0.114. The molecule has 1 amide bonds. The van der Waals surface area contributed by atoms with E-state index in [1.54, 1.807) is 0 Å². The number of aromatic nitrogens is 1. The molecule has 1 aromatic heterocycles. The first-order valence-corrected chi connectivity index (χ1v) is 10.9. The fourth-order valence-corrected chi connectivity index (χ4v) is 3.85. The molecular weight excluding hydrogens is 394 g/mol. The Balaban J connectivity index is 1.92. The minimum atomic E-state index is -0.135. The SMILES string of the molecule is CCOc1cc(CN(c2ccc(NC(C)=O)nc2)C2CCNCC2)cc(OCC)c1N. The van der Waals surface area contributed by atoms with Gasteiger partial charge in [0.2, 0.25) is 5.91 Å². The van der Waals surface area contributed by atoms with E-state index in [2.05, 4.69) is 20.5 Å². The summed E-state index contributed by atoms with van der Waals surface area (Å²) >= 11 is 0. The third kappa shape index (κ3) is 6.01. The lowest BCUT2D eigenvalue weighted by Gasteiger charge is -2.36. The van der Waals surface area contributed by atoms with Crippen molar-refractivity contribution in [2.45, 2.75) is 46.2 Å². The fraction of sp³-hybridized carbons (Fsp3) is 0.478. The quantitative estimate of drug-likeness (QED) is 0.528. The van der Waals surface area contributed by atoms with Gasteiger partial charge in [0.15, 0.2) is 0 Å². The van der Waals surface area contributed by atoms with Crippen LogP contribution in [0, 0.1) is 0 Å². The highest BCUT2D eigenvalue weighted by Gasteiger charge is 2.23. The molecule has 0 spiro atoms. The van der Waals surface area contributed by atoms with Crippen molar-refractivity contribution in [1.29, 1.82) is 0 Å². The zero-order valence-corrected chi connectivity index (χ0v) is 18.6. The van der Waals surface area contributed by atoms with Gasteiger partial charge in [-0.25, -0.2) is 4.98 Å². The molecule has 8 nitrogen and oxygen atoms in total. The van der Waals surface area contributed by atoms with Gasteiger partial charge in [0, 0.05) is 19.5 Å². The van der Waals surface area contributed by atoms with Crippen molar-refractivity contribution in [3.63, 3.8) is 0 Å². The maximum Gasteiger partial charge on any atom is 0.222 e. The lowest BCUT2D eigenvalue weighted by atomic mass is 10.0. The van der Waals surface area contributed by atoms with E-state index in [1.807, 2.05) is 44.3 Å². The van der Waals surface area contributed by atoms with Crippen molar-refractivity contribution < 1.29 is 14.3 Å². The summed E-state index contributed by atoms with van der Waals surface area (Å²) < 4.78 is 11.5. The van der Waals surface area contributed by atoms with Gasteiger partial charge in [0.1, 0.15) is 23.0 Å². The zero-order valence-electron chi connectivity index (χ0n) is 18.6. The van der Waals surface area contributed by atoms with Gasteiger partial charge in [-0.15, -0.1) is 0 Å². The predicted molar refractivity (Wildman–Crippen MR) is 124 cm³/mol. The van der Waals surface area contributed by atoms with Gasteiger partial charge >= 0.3 is 0 Å². The fourth-order valence-electron chi connectivity index (χ4n) is 3.85. The molecular formula is C23H33N5O3. The van der Waals surface area contributed by atoms with Gasteiger partial charge in [0.05, 0.1) is 25.1 Å². The number of nitrogen functional groups attached to an aromatic ring is 1. The van der Waals surface area contributed by atoms with Crippen molar-refractivity contribution in [3.8, 4) is 11.5 Å². The molecule has 4 N–H and O–H groups in total. The first-order valence-electron chi connectivity index (χ1n) is 10.9. The molecule has 0 saturated carbocycles. The van der Waals surface area contributed by atoms with Crippen molar-refractivity contribution in [1.82, 2.24) is 10.3 Å². The molecule has 0 atom stereocenters. The molecule has 31 heavy (non-hydrogen) atoms. The largest absolute Gasteiger partial charge is 0.492 e. The van der Waals surface area contributed by atoms with Crippen molar-refractivity contribution in [2.24, 2.45) is 0 Å².